The lowest BCUT2D eigenvalue weighted by Crippen LogP contribution is -2.11. The maximum Gasteiger partial charge on any atom is 0.327 e. The minimum absolute atomic E-state index is 0.0582. The second-order valence-corrected chi connectivity index (χ2v) is 5.61. The molecule has 0 saturated carbocycles. The van der Waals surface area contributed by atoms with Crippen molar-refractivity contribution in [3.8, 4) is 5.75 Å². The predicted molar refractivity (Wildman–Crippen MR) is 84.5 cm³/mol. The Hall–Kier alpha value is -2.71. The molecule has 3 rings (SSSR count). The number of fused-ring (bicyclic) bond motifs is 1. The van der Waals surface area contributed by atoms with E-state index in [0.29, 0.717) is 5.82 Å². The van der Waals surface area contributed by atoms with Gasteiger partial charge in [-0.25, -0.2) is 0 Å². The van der Waals surface area contributed by atoms with Crippen molar-refractivity contribution in [1.29, 1.82) is 0 Å². The minimum atomic E-state index is -0.943. The molecule has 0 atom stereocenters. The molecule has 24 heavy (non-hydrogen) atoms. The molecule has 1 aromatic carbocycles. The van der Waals surface area contributed by atoms with Crippen molar-refractivity contribution in [2.24, 2.45) is 0 Å². The van der Waals surface area contributed by atoms with Gasteiger partial charge < -0.3 is 14.6 Å². The highest BCUT2D eigenvalue weighted by Crippen LogP contribution is 2.32. The number of benzene rings is 1. The number of nitrogens with zero attached hydrogens (tertiary/aromatic N) is 4. The number of hydrogen-bond donors (Lipinski definition) is 1. The molecule has 0 unspecified atom stereocenters. The fraction of sp³-hybridized carbons (Fsp3) is 0.467. The molecule has 0 saturated heterocycles. The first-order valence-corrected chi connectivity index (χ1v) is 7.77. The van der Waals surface area contributed by atoms with Gasteiger partial charge in [0.2, 0.25) is 5.82 Å². The van der Waals surface area contributed by atoms with Gasteiger partial charge in [-0.3, -0.25) is 10.1 Å². The van der Waals surface area contributed by atoms with Gasteiger partial charge in [-0.15, -0.1) is 10.2 Å². The molecule has 0 spiro atoms. The number of aryl methyl sites for hydroxylation is 1. The van der Waals surface area contributed by atoms with Crippen LogP contribution in [0.4, 0.5) is 15.8 Å². The van der Waals surface area contributed by atoms with E-state index in [0.717, 1.165) is 44.1 Å². The molecule has 1 aliphatic rings. The van der Waals surface area contributed by atoms with Gasteiger partial charge in [0, 0.05) is 25.1 Å². The first-order chi connectivity index (χ1) is 11.6. The van der Waals surface area contributed by atoms with Gasteiger partial charge in [-0.1, -0.05) is 6.42 Å². The predicted octanol–water partition coefficient (Wildman–Crippen LogP) is 2.67. The lowest BCUT2D eigenvalue weighted by Gasteiger charge is -2.11. The maximum absolute atomic E-state index is 13.9. The standard InChI is InChI=1S/C15H18FN5O3/c1-24-10-7-11(16)15(21(22)23)12(8-10)17-9-14-19-18-13-5-3-2-4-6-20(13)14/h7-8,17H,2-6,9H2,1H3. The summed E-state index contributed by atoms with van der Waals surface area (Å²) in [7, 11) is 1.38. The van der Waals surface area contributed by atoms with Gasteiger partial charge in [0.1, 0.15) is 17.3 Å². The summed E-state index contributed by atoms with van der Waals surface area (Å²) in [5.74, 6) is 0.877. The monoisotopic (exact) mass is 335 g/mol. The Morgan fingerprint density at radius 1 is 1.38 bits per heavy atom. The summed E-state index contributed by atoms with van der Waals surface area (Å²) < 4.78 is 21.0. The van der Waals surface area contributed by atoms with E-state index in [1.807, 2.05) is 4.57 Å². The van der Waals surface area contributed by atoms with Crippen molar-refractivity contribution >= 4 is 11.4 Å². The third-order valence-corrected chi connectivity index (χ3v) is 4.08. The largest absolute Gasteiger partial charge is 0.497 e. The highest BCUT2D eigenvalue weighted by atomic mass is 19.1. The molecular weight excluding hydrogens is 317 g/mol. The number of methoxy groups -OCH3 is 1. The summed E-state index contributed by atoms with van der Waals surface area (Å²) >= 11 is 0. The summed E-state index contributed by atoms with van der Waals surface area (Å²) in [5, 5.41) is 22.4. The molecule has 1 N–H and O–H groups in total. The van der Waals surface area contributed by atoms with E-state index in [-0.39, 0.29) is 18.0 Å². The van der Waals surface area contributed by atoms with Gasteiger partial charge in [0.05, 0.1) is 18.6 Å². The number of anilines is 1. The number of nitro benzene ring substituents is 1. The van der Waals surface area contributed by atoms with Crippen LogP contribution in [0.5, 0.6) is 5.75 Å². The molecule has 8 nitrogen and oxygen atoms in total. The molecule has 2 heterocycles. The lowest BCUT2D eigenvalue weighted by molar-refractivity contribution is -0.386. The number of halogens is 1. The summed E-state index contributed by atoms with van der Waals surface area (Å²) in [6, 6.07) is 2.40. The summed E-state index contributed by atoms with van der Waals surface area (Å²) in [5.41, 5.74) is -0.547. The minimum Gasteiger partial charge on any atom is -0.497 e. The third kappa shape index (κ3) is 3.15. The van der Waals surface area contributed by atoms with Crippen molar-refractivity contribution in [2.45, 2.75) is 38.8 Å². The van der Waals surface area contributed by atoms with E-state index in [2.05, 4.69) is 15.5 Å². The molecule has 9 heteroatoms. The zero-order valence-electron chi connectivity index (χ0n) is 13.3. The number of rotatable bonds is 5. The van der Waals surface area contributed by atoms with Gasteiger partial charge in [0.15, 0.2) is 5.82 Å². The number of aromatic nitrogens is 3. The number of nitro groups is 1. The average Bonchev–Trinajstić information content (AvgIpc) is 2.78. The topological polar surface area (TPSA) is 95.1 Å². The summed E-state index contributed by atoms with van der Waals surface area (Å²) in [6.07, 6.45) is 4.15. The fourth-order valence-electron chi connectivity index (χ4n) is 2.86. The molecular formula is C15H18FN5O3. The molecule has 0 amide bonds. The first kappa shape index (κ1) is 16.2. The SMILES string of the molecule is COc1cc(F)c([N+](=O)[O-])c(NCc2nnc3n2CCCCC3)c1. The maximum atomic E-state index is 13.9. The van der Waals surface area contributed by atoms with E-state index in [9.17, 15) is 14.5 Å². The molecule has 0 bridgehead atoms. The Morgan fingerprint density at radius 3 is 2.96 bits per heavy atom. The first-order valence-electron chi connectivity index (χ1n) is 7.77. The van der Waals surface area contributed by atoms with Crippen molar-refractivity contribution < 1.29 is 14.1 Å². The van der Waals surface area contributed by atoms with E-state index in [4.69, 9.17) is 4.74 Å². The van der Waals surface area contributed by atoms with Gasteiger partial charge in [-0.2, -0.15) is 4.39 Å². The van der Waals surface area contributed by atoms with E-state index >= 15 is 0 Å². The van der Waals surface area contributed by atoms with Crippen LogP contribution >= 0.6 is 0 Å². The zero-order chi connectivity index (χ0) is 17.1. The van der Waals surface area contributed by atoms with Crippen LogP contribution in [0.15, 0.2) is 12.1 Å². The highest BCUT2D eigenvalue weighted by molar-refractivity contribution is 5.65. The average molecular weight is 335 g/mol. The summed E-state index contributed by atoms with van der Waals surface area (Å²) in [6.45, 7) is 1.05. The molecule has 2 aromatic rings. The molecule has 1 aromatic heterocycles. The van der Waals surface area contributed by atoms with Crippen molar-refractivity contribution in [3.05, 3.63) is 39.7 Å². The van der Waals surface area contributed by atoms with Crippen LogP contribution < -0.4 is 10.1 Å². The van der Waals surface area contributed by atoms with Crippen LogP contribution in [-0.2, 0) is 19.5 Å². The van der Waals surface area contributed by atoms with Gasteiger partial charge >= 0.3 is 5.69 Å². The Labute approximate surface area is 137 Å². The zero-order valence-corrected chi connectivity index (χ0v) is 13.3. The Balaban J connectivity index is 1.85. The van der Waals surface area contributed by atoms with Crippen LogP contribution in [-0.4, -0.2) is 26.8 Å². The molecule has 1 aliphatic heterocycles. The molecule has 128 valence electrons. The van der Waals surface area contributed by atoms with Crippen molar-refractivity contribution in [1.82, 2.24) is 14.8 Å². The van der Waals surface area contributed by atoms with Crippen molar-refractivity contribution in [3.63, 3.8) is 0 Å². The second kappa shape index (κ2) is 6.81. The third-order valence-electron chi connectivity index (χ3n) is 4.08. The molecule has 0 aliphatic carbocycles. The highest BCUT2D eigenvalue weighted by Gasteiger charge is 2.23. The van der Waals surface area contributed by atoms with E-state index in [1.54, 1.807) is 0 Å². The molecule has 0 radical (unpaired) electrons. The van der Waals surface area contributed by atoms with Crippen LogP contribution in [0, 0.1) is 15.9 Å². The smallest absolute Gasteiger partial charge is 0.327 e. The summed E-state index contributed by atoms with van der Waals surface area (Å²) in [4.78, 5) is 10.4. The molecule has 0 fully saturated rings. The number of hydrogen-bond acceptors (Lipinski definition) is 6. The Kier molecular flexibility index (Phi) is 4.59. The number of nitrogens with one attached hydrogen (secondary N) is 1. The van der Waals surface area contributed by atoms with Crippen LogP contribution in [0.1, 0.15) is 30.9 Å². The van der Waals surface area contributed by atoms with Crippen LogP contribution in [0.3, 0.4) is 0 Å². The van der Waals surface area contributed by atoms with E-state index < -0.39 is 16.4 Å². The number of ether oxygens (including phenoxy) is 1. The normalized spacial score (nSPS) is 13.9. The second-order valence-electron chi connectivity index (χ2n) is 5.61. The van der Waals surface area contributed by atoms with Gasteiger partial charge in [-0.05, 0) is 12.8 Å². The van der Waals surface area contributed by atoms with E-state index in [1.165, 1.54) is 13.2 Å². The van der Waals surface area contributed by atoms with Gasteiger partial charge in [0.25, 0.3) is 0 Å². The Morgan fingerprint density at radius 2 is 2.21 bits per heavy atom. The van der Waals surface area contributed by atoms with Crippen LogP contribution in [0.25, 0.3) is 0 Å². The lowest BCUT2D eigenvalue weighted by atomic mass is 10.2. The van der Waals surface area contributed by atoms with Crippen molar-refractivity contribution in [2.75, 3.05) is 12.4 Å². The quantitative estimate of drug-likeness (QED) is 0.667. The Bertz CT molecular complexity index is 762. The van der Waals surface area contributed by atoms with Crippen LogP contribution in [0.2, 0.25) is 0 Å². The fourth-order valence-corrected chi connectivity index (χ4v) is 2.86.